The van der Waals surface area contributed by atoms with Gasteiger partial charge >= 0.3 is 0 Å². The quantitative estimate of drug-likeness (QED) is 0.778. The van der Waals surface area contributed by atoms with Gasteiger partial charge in [0.1, 0.15) is 6.04 Å². The van der Waals surface area contributed by atoms with Crippen LogP contribution in [0.25, 0.3) is 0 Å². The van der Waals surface area contributed by atoms with Crippen molar-refractivity contribution in [1.82, 2.24) is 9.80 Å². The highest BCUT2D eigenvalue weighted by Gasteiger charge is 2.39. The largest absolute Gasteiger partial charge is 0.394 e. The van der Waals surface area contributed by atoms with Crippen molar-refractivity contribution >= 4 is 5.91 Å². The molecule has 0 radical (unpaired) electrons. The molecule has 0 aromatic rings. The number of aliphatic hydroxyl groups is 1. The minimum Gasteiger partial charge on any atom is -0.394 e. The van der Waals surface area contributed by atoms with Gasteiger partial charge in [0, 0.05) is 18.6 Å². The molecule has 0 aromatic heterocycles. The Labute approximate surface area is 104 Å². The number of amides is 1. The summed E-state index contributed by atoms with van der Waals surface area (Å²) >= 11 is 0. The van der Waals surface area contributed by atoms with Crippen LogP contribution in [0.5, 0.6) is 0 Å². The molecule has 1 saturated heterocycles. The number of carbonyl (C=O) groups excluding carboxylic acids is 1. The van der Waals surface area contributed by atoms with E-state index in [2.05, 4.69) is 6.92 Å². The van der Waals surface area contributed by atoms with Gasteiger partial charge in [-0.05, 0) is 26.8 Å². The first-order valence-corrected chi connectivity index (χ1v) is 6.78. The second-order valence-electron chi connectivity index (χ2n) is 5.50. The van der Waals surface area contributed by atoms with E-state index in [0.29, 0.717) is 12.1 Å². The maximum Gasteiger partial charge on any atom is 0.242 e. The summed E-state index contributed by atoms with van der Waals surface area (Å²) in [6.45, 7) is 2.88. The number of hydrogen-bond acceptors (Lipinski definition) is 3. The Balaban J connectivity index is 2.08. The minimum atomic E-state index is -0.333. The van der Waals surface area contributed by atoms with Crippen LogP contribution in [0.4, 0.5) is 0 Å². The number of piperazine rings is 1. The molecule has 2 atom stereocenters. The molecular weight excluding hydrogens is 216 g/mol. The number of likely N-dealkylation sites (N-methyl/N-ethyl adjacent to an activating group) is 1. The van der Waals surface area contributed by atoms with Crippen LogP contribution in [0.3, 0.4) is 0 Å². The van der Waals surface area contributed by atoms with Crippen LogP contribution >= 0.6 is 0 Å². The van der Waals surface area contributed by atoms with E-state index in [4.69, 9.17) is 0 Å². The number of nitrogens with zero attached hydrogens (tertiary/aromatic N) is 2. The summed E-state index contributed by atoms with van der Waals surface area (Å²) in [6.07, 6.45) is 6.06. The molecule has 4 nitrogen and oxygen atoms in total. The fraction of sp³-hybridized carbons (Fsp3) is 0.923. The van der Waals surface area contributed by atoms with Crippen LogP contribution in [-0.2, 0) is 4.79 Å². The smallest absolute Gasteiger partial charge is 0.242 e. The lowest BCUT2D eigenvalue weighted by Gasteiger charge is -2.46. The predicted octanol–water partition coefficient (Wildman–Crippen LogP) is 0.842. The van der Waals surface area contributed by atoms with E-state index >= 15 is 0 Å². The van der Waals surface area contributed by atoms with Gasteiger partial charge in [-0.25, -0.2) is 0 Å². The van der Waals surface area contributed by atoms with Gasteiger partial charge in [0.05, 0.1) is 6.61 Å². The summed E-state index contributed by atoms with van der Waals surface area (Å²) in [4.78, 5) is 16.4. The third-order valence-corrected chi connectivity index (χ3v) is 4.40. The molecule has 4 heteroatoms. The van der Waals surface area contributed by atoms with Crippen LogP contribution in [0.2, 0.25) is 0 Å². The highest BCUT2D eigenvalue weighted by atomic mass is 16.3. The fourth-order valence-corrected chi connectivity index (χ4v) is 3.10. The third kappa shape index (κ3) is 2.47. The standard InChI is InChI=1S/C13H24N2O2/c1-10-8-15(11-6-4-3-5-7-11)13(17)12(9-16)14(10)2/h10-12,16H,3-9H2,1-2H3. The maximum atomic E-state index is 12.3. The highest BCUT2D eigenvalue weighted by molar-refractivity contribution is 5.83. The molecule has 1 N–H and O–H groups in total. The first-order valence-electron chi connectivity index (χ1n) is 6.78. The van der Waals surface area contributed by atoms with Crippen molar-refractivity contribution in [3.8, 4) is 0 Å². The summed E-state index contributed by atoms with van der Waals surface area (Å²) in [5.41, 5.74) is 0. The van der Waals surface area contributed by atoms with Crippen LogP contribution < -0.4 is 0 Å². The Hall–Kier alpha value is -0.610. The number of hydrogen-bond donors (Lipinski definition) is 1. The van der Waals surface area contributed by atoms with Gasteiger partial charge in [0.15, 0.2) is 0 Å². The van der Waals surface area contributed by atoms with E-state index in [1.54, 1.807) is 0 Å². The molecule has 1 aliphatic carbocycles. The molecule has 2 fully saturated rings. The van der Waals surface area contributed by atoms with Gasteiger partial charge in [0.2, 0.25) is 5.91 Å². The summed E-state index contributed by atoms with van der Waals surface area (Å²) < 4.78 is 0. The van der Waals surface area contributed by atoms with Gasteiger partial charge in [-0.2, -0.15) is 0 Å². The Morgan fingerprint density at radius 3 is 2.53 bits per heavy atom. The van der Waals surface area contributed by atoms with Crippen molar-refractivity contribution in [2.45, 2.75) is 57.2 Å². The van der Waals surface area contributed by atoms with Gasteiger partial charge in [-0.1, -0.05) is 19.3 Å². The molecule has 0 spiro atoms. The third-order valence-electron chi connectivity index (χ3n) is 4.40. The zero-order valence-electron chi connectivity index (χ0n) is 10.9. The van der Waals surface area contributed by atoms with E-state index in [1.807, 2.05) is 16.8 Å². The Kier molecular flexibility index (Phi) is 4.05. The summed E-state index contributed by atoms with van der Waals surface area (Å²) in [5, 5.41) is 9.38. The molecule has 2 unspecified atom stereocenters. The number of aliphatic hydroxyl groups excluding tert-OH is 1. The lowest BCUT2D eigenvalue weighted by atomic mass is 9.92. The molecule has 0 bridgehead atoms. The van der Waals surface area contributed by atoms with Gasteiger partial charge in [0.25, 0.3) is 0 Å². The first kappa shape index (κ1) is 12.8. The van der Waals surface area contributed by atoms with Crippen molar-refractivity contribution < 1.29 is 9.90 Å². The number of carbonyl (C=O) groups is 1. The van der Waals surface area contributed by atoms with Crippen LogP contribution in [-0.4, -0.2) is 59.1 Å². The molecule has 1 saturated carbocycles. The van der Waals surface area contributed by atoms with Crippen LogP contribution in [0.1, 0.15) is 39.0 Å². The number of rotatable bonds is 2. The van der Waals surface area contributed by atoms with Crippen LogP contribution in [0.15, 0.2) is 0 Å². The van der Waals surface area contributed by atoms with Crippen molar-refractivity contribution in [3.05, 3.63) is 0 Å². The lowest BCUT2D eigenvalue weighted by molar-refractivity contribution is -0.149. The normalized spacial score (nSPS) is 33.1. The average molecular weight is 240 g/mol. The van der Waals surface area contributed by atoms with Gasteiger partial charge in [-0.3, -0.25) is 9.69 Å². The van der Waals surface area contributed by atoms with E-state index in [0.717, 1.165) is 19.4 Å². The second kappa shape index (κ2) is 5.36. The van der Waals surface area contributed by atoms with Gasteiger partial charge < -0.3 is 10.0 Å². The van der Waals surface area contributed by atoms with Crippen molar-refractivity contribution in [1.29, 1.82) is 0 Å². The molecule has 0 aromatic carbocycles. The first-order chi connectivity index (χ1) is 8.15. The molecule has 17 heavy (non-hydrogen) atoms. The topological polar surface area (TPSA) is 43.8 Å². The van der Waals surface area contributed by atoms with E-state index in [1.165, 1.54) is 19.3 Å². The second-order valence-corrected chi connectivity index (χ2v) is 5.50. The zero-order chi connectivity index (χ0) is 12.4. The molecule has 1 aliphatic heterocycles. The fourth-order valence-electron chi connectivity index (χ4n) is 3.10. The van der Waals surface area contributed by atoms with E-state index in [-0.39, 0.29) is 18.6 Å². The Morgan fingerprint density at radius 2 is 1.94 bits per heavy atom. The Morgan fingerprint density at radius 1 is 1.29 bits per heavy atom. The zero-order valence-corrected chi connectivity index (χ0v) is 10.9. The summed E-state index contributed by atoms with van der Waals surface area (Å²) in [7, 11) is 1.93. The van der Waals surface area contributed by atoms with Crippen molar-refractivity contribution in [2.24, 2.45) is 0 Å². The minimum absolute atomic E-state index is 0.0666. The monoisotopic (exact) mass is 240 g/mol. The molecule has 98 valence electrons. The predicted molar refractivity (Wildman–Crippen MR) is 66.7 cm³/mol. The summed E-state index contributed by atoms with van der Waals surface area (Å²) in [6, 6.07) is 0.425. The van der Waals surface area contributed by atoms with Crippen molar-refractivity contribution in [3.63, 3.8) is 0 Å². The van der Waals surface area contributed by atoms with Gasteiger partial charge in [-0.15, -0.1) is 0 Å². The highest BCUT2D eigenvalue weighted by Crippen LogP contribution is 2.26. The van der Waals surface area contributed by atoms with Crippen molar-refractivity contribution in [2.75, 3.05) is 20.2 Å². The average Bonchev–Trinajstić information content (AvgIpc) is 2.36. The molecular formula is C13H24N2O2. The van der Waals surface area contributed by atoms with E-state index < -0.39 is 0 Å². The van der Waals surface area contributed by atoms with E-state index in [9.17, 15) is 9.90 Å². The maximum absolute atomic E-state index is 12.3. The Bertz CT molecular complexity index is 277. The lowest BCUT2D eigenvalue weighted by Crippen LogP contribution is -2.63. The summed E-state index contributed by atoms with van der Waals surface area (Å²) in [5.74, 6) is 0.125. The molecule has 1 heterocycles. The molecule has 2 aliphatic rings. The molecule has 1 amide bonds. The SMILES string of the molecule is CC1CN(C2CCCCC2)C(=O)C(CO)N1C. The van der Waals surface area contributed by atoms with Crippen LogP contribution in [0, 0.1) is 0 Å². The molecule has 2 rings (SSSR count).